The maximum absolute atomic E-state index is 11.1. The summed E-state index contributed by atoms with van der Waals surface area (Å²) in [6.07, 6.45) is -0.537. The van der Waals surface area contributed by atoms with Crippen molar-refractivity contribution in [2.45, 2.75) is 39.3 Å². The van der Waals surface area contributed by atoms with Crippen LogP contribution in [-0.4, -0.2) is 32.1 Å². The largest absolute Gasteiger partial charge is 0.391 e. The normalized spacial score (nSPS) is 13.1. The average molecular weight is 212 g/mol. The molecular formula is C9H16N4O2. The lowest BCUT2D eigenvalue weighted by Crippen LogP contribution is -2.19. The van der Waals surface area contributed by atoms with Gasteiger partial charge in [0, 0.05) is 0 Å². The summed E-state index contributed by atoms with van der Waals surface area (Å²) in [6.45, 7) is 5.80. The molecule has 1 aromatic heterocycles. The quantitative estimate of drug-likeness (QED) is 0.727. The lowest BCUT2D eigenvalue weighted by Gasteiger charge is -2.11. The summed E-state index contributed by atoms with van der Waals surface area (Å²) in [5.74, 6) is -0.503. The molecule has 0 radical (unpaired) electrons. The Morgan fingerprint density at radius 3 is 2.53 bits per heavy atom. The first kappa shape index (κ1) is 11.6. The van der Waals surface area contributed by atoms with Crippen molar-refractivity contribution in [2.24, 2.45) is 5.73 Å². The van der Waals surface area contributed by atoms with Crippen molar-refractivity contribution in [3.05, 3.63) is 11.4 Å². The predicted octanol–water partition coefficient (Wildman–Crippen LogP) is -0.119. The minimum atomic E-state index is -0.587. The van der Waals surface area contributed by atoms with Crippen LogP contribution in [0.15, 0.2) is 0 Å². The molecular weight excluding hydrogens is 196 g/mol. The van der Waals surface area contributed by atoms with Crippen molar-refractivity contribution in [1.29, 1.82) is 0 Å². The van der Waals surface area contributed by atoms with Crippen LogP contribution in [0, 0.1) is 0 Å². The molecule has 0 saturated heterocycles. The van der Waals surface area contributed by atoms with Gasteiger partial charge in [0.25, 0.3) is 5.91 Å². The highest BCUT2D eigenvalue weighted by atomic mass is 16.3. The zero-order valence-corrected chi connectivity index (χ0v) is 9.14. The monoisotopic (exact) mass is 212 g/mol. The van der Waals surface area contributed by atoms with Crippen molar-refractivity contribution >= 4 is 5.91 Å². The Hall–Kier alpha value is -1.43. The fourth-order valence-electron chi connectivity index (χ4n) is 1.45. The third-order valence-corrected chi connectivity index (χ3v) is 1.99. The molecule has 6 nitrogen and oxygen atoms in total. The fraction of sp³-hybridized carbons (Fsp3) is 0.667. The standard InChI is InChI=1S/C9H16N4O2/c1-5(2)8-7(9(10)15)11-12-13(8)4-6(3)14/h5-6,14H,4H2,1-3H3,(H2,10,15). The molecule has 6 heteroatoms. The van der Waals surface area contributed by atoms with Crippen molar-refractivity contribution in [2.75, 3.05) is 0 Å². The molecule has 0 saturated carbocycles. The van der Waals surface area contributed by atoms with Crippen LogP contribution >= 0.6 is 0 Å². The topological polar surface area (TPSA) is 94.0 Å². The molecule has 1 amide bonds. The van der Waals surface area contributed by atoms with Gasteiger partial charge < -0.3 is 10.8 Å². The Labute approximate surface area is 88.1 Å². The van der Waals surface area contributed by atoms with E-state index in [1.165, 1.54) is 4.68 Å². The zero-order valence-electron chi connectivity index (χ0n) is 9.14. The fourth-order valence-corrected chi connectivity index (χ4v) is 1.45. The molecule has 1 heterocycles. The average Bonchev–Trinajstić information content (AvgIpc) is 2.46. The van der Waals surface area contributed by atoms with Crippen LogP contribution in [0.1, 0.15) is 42.9 Å². The minimum Gasteiger partial charge on any atom is -0.391 e. The third kappa shape index (κ3) is 2.53. The molecule has 0 fully saturated rings. The second-order valence-electron chi connectivity index (χ2n) is 3.87. The summed E-state index contributed by atoms with van der Waals surface area (Å²) in [4.78, 5) is 11.1. The molecule has 1 rings (SSSR count). The Kier molecular flexibility index (Phi) is 3.41. The van der Waals surface area contributed by atoms with Crippen LogP contribution in [0.5, 0.6) is 0 Å². The summed E-state index contributed by atoms with van der Waals surface area (Å²) >= 11 is 0. The second-order valence-corrected chi connectivity index (χ2v) is 3.87. The van der Waals surface area contributed by atoms with Gasteiger partial charge >= 0.3 is 0 Å². The number of hydrogen-bond acceptors (Lipinski definition) is 4. The van der Waals surface area contributed by atoms with Gasteiger partial charge in [-0.15, -0.1) is 5.10 Å². The number of nitrogens with two attached hydrogens (primary N) is 1. The van der Waals surface area contributed by atoms with E-state index in [1.807, 2.05) is 13.8 Å². The number of carbonyl (C=O) groups excluding carboxylic acids is 1. The number of hydrogen-bond donors (Lipinski definition) is 2. The van der Waals surface area contributed by atoms with Crippen LogP contribution in [0.2, 0.25) is 0 Å². The van der Waals surface area contributed by atoms with Crippen molar-refractivity contribution < 1.29 is 9.90 Å². The molecule has 84 valence electrons. The first-order valence-corrected chi connectivity index (χ1v) is 4.84. The second kappa shape index (κ2) is 4.39. The Bertz CT molecular complexity index is 357. The predicted molar refractivity (Wildman–Crippen MR) is 54.3 cm³/mol. The minimum absolute atomic E-state index is 0.0845. The zero-order chi connectivity index (χ0) is 11.6. The maximum atomic E-state index is 11.1. The summed E-state index contributed by atoms with van der Waals surface area (Å²) < 4.78 is 1.52. The maximum Gasteiger partial charge on any atom is 0.271 e. The molecule has 1 atom stereocenters. The van der Waals surface area contributed by atoms with Gasteiger partial charge in [0.1, 0.15) is 0 Å². The summed E-state index contributed by atoms with van der Waals surface area (Å²) in [5, 5.41) is 16.8. The van der Waals surface area contributed by atoms with Crippen LogP contribution < -0.4 is 5.73 Å². The summed E-state index contributed by atoms with van der Waals surface area (Å²) in [6, 6.07) is 0. The van der Waals surface area contributed by atoms with Gasteiger partial charge in [0.15, 0.2) is 5.69 Å². The molecule has 1 aromatic rings. The van der Waals surface area contributed by atoms with Crippen LogP contribution in [0.4, 0.5) is 0 Å². The van der Waals surface area contributed by atoms with Crippen LogP contribution in [-0.2, 0) is 6.54 Å². The van der Waals surface area contributed by atoms with Gasteiger partial charge in [-0.05, 0) is 12.8 Å². The number of amides is 1. The molecule has 0 aliphatic carbocycles. The molecule has 15 heavy (non-hydrogen) atoms. The highest BCUT2D eigenvalue weighted by Crippen LogP contribution is 2.17. The van der Waals surface area contributed by atoms with Crippen LogP contribution in [0.25, 0.3) is 0 Å². The van der Waals surface area contributed by atoms with E-state index in [1.54, 1.807) is 6.92 Å². The van der Waals surface area contributed by atoms with Gasteiger partial charge in [-0.1, -0.05) is 19.1 Å². The molecule has 0 aliphatic heterocycles. The number of rotatable bonds is 4. The van der Waals surface area contributed by atoms with E-state index < -0.39 is 12.0 Å². The van der Waals surface area contributed by atoms with E-state index in [-0.39, 0.29) is 11.6 Å². The Morgan fingerprint density at radius 2 is 2.13 bits per heavy atom. The smallest absolute Gasteiger partial charge is 0.271 e. The highest BCUT2D eigenvalue weighted by molar-refractivity contribution is 5.91. The first-order chi connectivity index (χ1) is 6.93. The van der Waals surface area contributed by atoms with E-state index in [0.29, 0.717) is 12.2 Å². The number of carbonyl (C=O) groups is 1. The lowest BCUT2D eigenvalue weighted by atomic mass is 10.1. The van der Waals surface area contributed by atoms with Gasteiger partial charge in [0.2, 0.25) is 0 Å². The van der Waals surface area contributed by atoms with Crippen LogP contribution in [0.3, 0.4) is 0 Å². The number of aromatic nitrogens is 3. The van der Waals surface area contributed by atoms with Crippen molar-refractivity contribution in [3.8, 4) is 0 Å². The summed E-state index contributed by atoms with van der Waals surface area (Å²) in [7, 11) is 0. The first-order valence-electron chi connectivity index (χ1n) is 4.84. The molecule has 0 bridgehead atoms. The van der Waals surface area contributed by atoms with Gasteiger partial charge in [-0.25, -0.2) is 4.68 Å². The highest BCUT2D eigenvalue weighted by Gasteiger charge is 2.20. The number of aliphatic hydroxyl groups excluding tert-OH is 1. The lowest BCUT2D eigenvalue weighted by molar-refractivity contribution is 0.0993. The number of nitrogens with zero attached hydrogens (tertiary/aromatic N) is 3. The van der Waals surface area contributed by atoms with Crippen molar-refractivity contribution in [1.82, 2.24) is 15.0 Å². The van der Waals surface area contributed by atoms with Gasteiger partial charge in [-0.3, -0.25) is 4.79 Å². The van der Waals surface area contributed by atoms with E-state index >= 15 is 0 Å². The summed E-state index contributed by atoms with van der Waals surface area (Å²) in [5.41, 5.74) is 6.03. The third-order valence-electron chi connectivity index (χ3n) is 1.99. The van der Waals surface area contributed by atoms with E-state index in [0.717, 1.165) is 0 Å². The molecule has 0 spiro atoms. The van der Waals surface area contributed by atoms with Crippen molar-refractivity contribution in [3.63, 3.8) is 0 Å². The van der Waals surface area contributed by atoms with E-state index in [9.17, 15) is 9.90 Å². The Morgan fingerprint density at radius 1 is 1.53 bits per heavy atom. The van der Waals surface area contributed by atoms with E-state index in [2.05, 4.69) is 10.3 Å². The molecule has 3 N–H and O–H groups in total. The SMILES string of the molecule is CC(O)Cn1nnc(C(N)=O)c1C(C)C. The number of aliphatic hydroxyl groups is 1. The molecule has 1 unspecified atom stereocenters. The van der Waals surface area contributed by atoms with E-state index in [4.69, 9.17) is 5.73 Å². The molecule has 0 aliphatic rings. The van der Waals surface area contributed by atoms with Gasteiger partial charge in [-0.2, -0.15) is 0 Å². The number of primary amides is 1. The van der Waals surface area contributed by atoms with Gasteiger partial charge in [0.05, 0.1) is 18.3 Å². The Balaban J connectivity index is 3.12. The molecule has 0 aromatic carbocycles.